The Kier molecular flexibility index (Phi) is 2.36. The van der Waals surface area contributed by atoms with Crippen LogP contribution in [0.5, 0.6) is 0 Å². The van der Waals surface area contributed by atoms with E-state index in [1.807, 2.05) is 0 Å². The van der Waals surface area contributed by atoms with Crippen LogP contribution in [0, 0.1) is 0 Å². The fraction of sp³-hybridized carbons (Fsp3) is 0.625. The standard InChI is InChI=1S/C8H11N2O3/c1-8(2,3)13-7(12)10-5-9-4-6(10)11/h4H2,1-3H3. The maximum Gasteiger partial charge on any atom is 0.423 e. The van der Waals surface area contributed by atoms with Crippen LogP contribution < -0.4 is 0 Å². The van der Waals surface area contributed by atoms with E-state index >= 15 is 0 Å². The summed E-state index contributed by atoms with van der Waals surface area (Å²) >= 11 is 0. The SMILES string of the molecule is CC(C)(C)OC(=O)N1[C]=NCC1=O. The summed E-state index contributed by atoms with van der Waals surface area (Å²) in [5.74, 6) is -0.408. The van der Waals surface area contributed by atoms with Crippen LogP contribution in [-0.2, 0) is 9.53 Å². The van der Waals surface area contributed by atoms with Crippen LogP contribution in [0.4, 0.5) is 4.79 Å². The lowest BCUT2D eigenvalue weighted by molar-refractivity contribution is -0.124. The topological polar surface area (TPSA) is 59.0 Å². The minimum Gasteiger partial charge on any atom is -0.443 e. The average Bonchev–Trinajstić information content (AvgIpc) is 2.30. The highest BCUT2D eigenvalue weighted by molar-refractivity contribution is 6.07. The molecule has 0 saturated carbocycles. The van der Waals surface area contributed by atoms with E-state index in [2.05, 4.69) is 11.3 Å². The summed E-state index contributed by atoms with van der Waals surface area (Å²) in [7, 11) is 0. The molecule has 0 aromatic carbocycles. The number of nitrogens with zero attached hydrogens (tertiary/aromatic N) is 2. The van der Waals surface area contributed by atoms with Crippen LogP contribution in [0.2, 0.25) is 0 Å². The van der Waals surface area contributed by atoms with Gasteiger partial charge < -0.3 is 4.74 Å². The molecule has 0 atom stereocenters. The molecule has 0 spiro atoms. The molecule has 1 heterocycles. The zero-order valence-electron chi connectivity index (χ0n) is 7.83. The van der Waals surface area contributed by atoms with Gasteiger partial charge in [0, 0.05) is 0 Å². The fourth-order valence-corrected chi connectivity index (χ4v) is 0.750. The van der Waals surface area contributed by atoms with Crippen molar-refractivity contribution in [3.8, 4) is 0 Å². The van der Waals surface area contributed by atoms with Gasteiger partial charge in [-0.25, -0.2) is 4.79 Å². The number of imide groups is 1. The van der Waals surface area contributed by atoms with E-state index in [1.165, 1.54) is 0 Å². The highest BCUT2D eigenvalue weighted by Gasteiger charge is 2.29. The Balaban J connectivity index is 2.58. The van der Waals surface area contributed by atoms with Gasteiger partial charge in [-0.15, -0.1) is 0 Å². The maximum absolute atomic E-state index is 11.2. The number of hydrogen-bond acceptors (Lipinski definition) is 4. The molecule has 5 heteroatoms. The van der Waals surface area contributed by atoms with Gasteiger partial charge >= 0.3 is 6.09 Å². The van der Waals surface area contributed by atoms with Crippen molar-refractivity contribution in [2.75, 3.05) is 6.54 Å². The molecule has 71 valence electrons. The Morgan fingerprint density at radius 1 is 1.62 bits per heavy atom. The van der Waals surface area contributed by atoms with Gasteiger partial charge in [-0.1, -0.05) is 0 Å². The predicted octanol–water partition coefficient (Wildman–Crippen LogP) is 0.669. The number of hydrogen-bond donors (Lipinski definition) is 0. The summed E-state index contributed by atoms with van der Waals surface area (Å²) in [6, 6.07) is 0. The fourth-order valence-electron chi connectivity index (χ4n) is 0.750. The van der Waals surface area contributed by atoms with Gasteiger partial charge in [0.05, 0.1) is 0 Å². The second-order valence-electron chi connectivity index (χ2n) is 3.63. The van der Waals surface area contributed by atoms with Crippen molar-refractivity contribution in [1.82, 2.24) is 4.90 Å². The maximum atomic E-state index is 11.2. The molecule has 1 aliphatic rings. The van der Waals surface area contributed by atoms with E-state index in [4.69, 9.17) is 4.74 Å². The summed E-state index contributed by atoms with van der Waals surface area (Å²) in [6.45, 7) is 5.15. The zero-order chi connectivity index (χ0) is 10.1. The van der Waals surface area contributed by atoms with Crippen molar-refractivity contribution in [2.24, 2.45) is 4.99 Å². The van der Waals surface area contributed by atoms with E-state index in [-0.39, 0.29) is 6.54 Å². The third kappa shape index (κ3) is 2.54. The van der Waals surface area contributed by atoms with E-state index in [9.17, 15) is 9.59 Å². The highest BCUT2D eigenvalue weighted by atomic mass is 16.6. The Labute approximate surface area is 76.4 Å². The third-order valence-electron chi connectivity index (χ3n) is 1.21. The molecule has 13 heavy (non-hydrogen) atoms. The first-order chi connectivity index (χ1) is 5.90. The number of rotatable bonds is 0. The van der Waals surface area contributed by atoms with Crippen LogP contribution in [0.25, 0.3) is 0 Å². The molecule has 2 amide bonds. The molecule has 0 bridgehead atoms. The zero-order valence-corrected chi connectivity index (χ0v) is 7.83. The van der Waals surface area contributed by atoms with Crippen molar-refractivity contribution < 1.29 is 14.3 Å². The number of aliphatic imine (C=N–C) groups is 1. The second-order valence-corrected chi connectivity index (χ2v) is 3.63. The second kappa shape index (κ2) is 3.16. The summed E-state index contributed by atoms with van der Waals surface area (Å²) in [6.07, 6.45) is 1.54. The van der Waals surface area contributed by atoms with Gasteiger partial charge in [0.25, 0.3) is 5.91 Å². The minimum absolute atomic E-state index is 0.0285. The normalized spacial score (nSPS) is 16.5. The lowest BCUT2D eigenvalue weighted by Crippen LogP contribution is -2.37. The molecule has 5 nitrogen and oxygen atoms in total. The van der Waals surface area contributed by atoms with Crippen molar-refractivity contribution in [3.63, 3.8) is 0 Å². The minimum atomic E-state index is -0.723. The Morgan fingerprint density at radius 2 is 2.23 bits per heavy atom. The van der Waals surface area contributed by atoms with E-state index in [0.717, 1.165) is 4.90 Å². The van der Waals surface area contributed by atoms with Gasteiger partial charge in [-0.3, -0.25) is 9.79 Å². The Bertz CT molecular complexity index is 265. The first-order valence-corrected chi connectivity index (χ1v) is 3.88. The van der Waals surface area contributed by atoms with Crippen LogP contribution >= 0.6 is 0 Å². The summed E-state index contributed by atoms with van der Waals surface area (Å²) < 4.78 is 4.94. The largest absolute Gasteiger partial charge is 0.443 e. The molecule has 0 saturated heterocycles. The molecule has 1 radical (unpaired) electrons. The molecule has 0 aromatic rings. The monoisotopic (exact) mass is 183 g/mol. The smallest absolute Gasteiger partial charge is 0.423 e. The summed E-state index contributed by atoms with van der Waals surface area (Å²) in [5.41, 5.74) is -0.609. The van der Waals surface area contributed by atoms with Gasteiger partial charge in [0.15, 0.2) is 6.34 Å². The van der Waals surface area contributed by atoms with E-state index < -0.39 is 17.6 Å². The highest BCUT2D eigenvalue weighted by Crippen LogP contribution is 2.10. The van der Waals surface area contributed by atoms with Crippen molar-refractivity contribution in [3.05, 3.63) is 0 Å². The first kappa shape index (κ1) is 9.70. The average molecular weight is 183 g/mol. The van der Waals surface area contributed by atoms with Gasteiger partial charge in [-0.2, -0.15) is 4.90 Å². The van der Waals surface area contributed by atoms with Crippen molar-refractivity contribution >= 4 is 18.3 Å². The summed E-state index contributed by atoms with van der Waals surface area (Å²) in [4.78, 5) is 26.5. The number of amides is 2. The lowest BCUT2D eigenvalue weighted by Gasteiger charge is -2.21. The third-order valence-corrected chi connectivity index (χ3v) is 1.21. The summed E-state index contributed by atoms with van der Waals surface area (Å²) in [5, 5.41) is 0. The van der Waals surface area contributed by atoms with Crippen molar-refractivity contribution in [2.45, 2.75) is 26.4 Å². The lowest BCUT2D eigenvalue weighted by atomic mass is 10.2. The molecule has 0 N–H and O–H groups in total. The molecule has 0 aliphatic carbocycles. The van der Waals surface area contributed by atoms with Gasteiger partial charge in [0.2, 0.25) is 0 Å². The van der Waals surface area contributed by atoms with Gasteiger partial charge in [-0.05, 0) is 20.8 Å². The van der Waals surface area contributed by atoms with Crippen molar-refractivity contribution in [1.29, 1.82) is 0 Å². The molecular weight excluding hydrogens is 172 g/mol. The number of carbonyl (C=O) groups excluding carboxylic acids is 2. The molecule has 0 fully saturated rings. The van der Waals surface area contributed by atoms with E-state index in [0.29, 0.717) is 0 Å². The molecule has 0 unspecified atom stereocenters. The molecule has 1 aliphatic heterocycles. The number of carbonyl (C=O) groups is 2. The van der Waals surface area contributed by atoms with Crippen LogP contribution in [-0.4, -0.2) is 35.4 Å². The van der Waals surface area contributed by atoms with Gasteiger partial charge in [0.1, 0.15) is 12.1 Å². The van der Waals surface area contributed by atoms with E-state index in [1.54, 1.807) is 20.8 Å². The van der Waals surface area contributed by atoms with Crippen LogP contribution in [0.3, 0.4) is 0 Å². The molecular formula is C8H11N2O3. The van der Waals surface area contributed by atoms with Crippen LogP contribution in [0.1, 0.15) is 20.8 Å². The number of ether oxygens (including phenoxy) is 1. The van der Waals surface area contributed by atoms with Crippen LogP contribution in [0.15, 0.2) is 4.99 Å². The Hall–Kier alpha value is -1.39. The first-order valence-electron chi connectivity index (χ1n) is 3.88. The molecule has 1 rings (SSSR count). The Morgan fingerprint density at radius 3 is 2.62 bits per heavy atom. The predicted molar refractivity (Wildman–Crippen MR) is 45.4 cm³/mol. The quantitative estimate of drug-likeness (QED) is 0.554. The molecule has 0 aromatic heterocycles.